The molecule has 1 amide bonds. The lowest BCUT2D eigenvalue weighted by molar-refractivity contribution is 0.103. The SMILES string of the molecule is C#Cc1cccc2c(=O)[nH]c(-c3ccc(CN4CCN(C(=O)O)CC4)cc3)cc12. The van der Waals surface area contributed by atoms with E-state index in [1.54, 1.807) is 12.1 Å². The van der Waals surface area contributed by atoms with Crippen molar-refractivity contribution in [2.24, 2.45) is 0 Å². The van der Waals surface area contributed by atoms with Crippen molar-refractivity contribution in [1.82, 2.24) is 14.8 Å². The number of pyridine rings is 1. The van der Waals surface area contributed by atoms with Crippen LogP contribution in [-0.2, 0) is 6.54 Å². The van der Waals surface area contributed by atoms with Gasteiger partial charge < -0.3 is 15.0 Å². The van der Waals surface area contributed by atoms with Crippen molar-refractivity contribution in [2.75, 3.05) is 26.2 Å². The maximum Gasteiger partial charge on any atom is 0.407 e. The van der Waals surface area contributed by atoms with Crippen molar-refractivity contribution in [2.45, 2.75) is 6.54 Å². The minimum Gasteiger partial charge on any atom is -0.465 e. The van der Waals surface area contributed by atoms with Crippen LogP contribution in [0.3, 0.4) is 0 Å². The van der Waals surface area contributed by atoms with E-state index >= 15 is 0 Å². The van der Waals surface area contributed by atoms with E-state index in [9.17, 15) is 9.59 Å². The third kappa shape index (κ3) is 3.86. The predicted octanol–water partition coefficient (Wildman–Crippen LogP) is 2.97. The molecule has 0 aliphatic carbocycles. The summed E-state index contributed by atoms with van der Waals surface area (Å²) in [5.74, 6) is 2.64. The Morgan fingerprint density at radius 1 is 1.07 bits per heavy atom. The number of aromatic nitrogens is 1. The average Bonchev–Trinajstić information content (AvgIpc) is 2.74. The second-order valence-corrected chi connectivity index (χ2v) is 7.17. The predicted molar refractivity (Wildman–Crippen MR) is 113 cm³/mol. The van der Waals surface area contributed by atoms with Gasteiger partial charge in [-0.15, -0.1) is 6.42 Å². The molecule has 1 saturated heterocycles. The Bertz CT molecular complexity index is 1150. The van der Waals surface area contributed by atoms with E-state index < -0.39 is 6.09 Å². The van der Waals surface area contributed by atoms with Gasteiger partial charge in [0.1, 0.15) is 0 Å². The van der Waals surface area contributed by atoms with Crippen LogP contribution < -0.4 is 5.56 Å². The number of carbonyl (C=O) groups is 1. The van der Waals surface area contributed by atoms with E-state index in [0.717, 1.165) is 41.8 Å². The van der Waals surface area contributed by atoms with Crippen molar-refractivity contribution in [3.8, 4) is 23.6 Å². The molecule has 0 unspecified atom stereocenters. The molecule has 4 rings (SSSR count). The summed E-state index contributed by atoms with van der Waals surface area (Å²) < 4.78 is 0. The fourth-order valence-electron chi connectivity index (χ4n) is 3.72. The Morgan fingerprint density at radius 3 is 2.45 bits per heavy atom. The molecule has 0 atom stereocenters. The number of aromatic amines is 1. The molecule has 1 aliphatic heterocycles. The van der Waals surface area contributed by atoms with Gasteiger partial charge in [0.25, 0.3) is 5.56 Å². The van der Waals surface area contributed by atoms with Gasteiger partial charge in [0.2, 0.25) is 0 Å². The number of H-pyrrole nitrogens is 1. The second-order valence-electron chi connectivity index (χ2n) is 7.17. The summed E-state index contributed by atoms with van der Waals surface area (Å²) in [6.07, 6.45) is 4.73. The fraction of sp³-hybridized carbons (Fsp3) is 0.217. The number of carboxylic acid groups (broad SMARTS) is 1. The first-order chi connectivity index (χ1) is 14.0. The Kier molecular flexibility index (Phi) is 5.07. The summed E-state index contributed by atoms with van der Waals surface area (Å²) in [5, 5.41) is 10.4. The van der Waals surface area contributed by atoms with E-state index in [1.807, 2.05) is 36.4 Å². The molecule has 1 aliphatic rings. The number of rotatable bonds is 3. The van der Waals surface area contributed by atoms with E-state index in [1.165, 1.54) is 4.90 Å². The maximum absolute atomic E-state index is 12.5. The molecule has 6 heteroatoms. The number of nitrogens with zero attached hydrogens (tertiary/aromatic N) is 2. The lowest BCUT2D eigenvalue weighted by atomic mass is 10.0. The molecule has 2 heterocycles. The van der Waals surface area contributed by atoms with Crippen LogP contribution in [0.2, 0.25) is 0 Å². The van der Waals surface area contributed by atoms with E-state index in [4.69, 9.17) is 11.5 Å². The number of benzene rings is 2. The molecule has 0 bridgehead atoms. The monoisotopic (exact) mass is 387 g/mol. The summed E-state index contributed by atoms with van der Waals surface area (Å²) in [5.41, 5.74) is 3.33. The number of hydrogen-bond donors (Lipinski definition) is 2. The summed E-state index contributed by atoms with van der Waals surface area (Å²) in [6.45, 7) is 3.28. The van der Waals surface area contributed by atoms with Crippen LogP contribution in [0.25, 0.3) is 22.0 Å². The smallest absolute Gasteiger partial charge is 0.407 e. The summed E-state index contributed by atoms with van der Waals surface area (Å²) in [7, 11) is 0. The Morgan fingerprint density at radius 2 is 1.79 bits per heavy atom. The van der Waals surface area contributed by atoms with Gasteiger partial charge in [-0.05, 0) is 29.3 Å². The van der Waals surface area contributed by atoms with Gasteiger partial charge in [-0.1, -0.05) is 36.3 Å². The summed E-state index contributed by atoms with van der Waals surface area (Å²) >= 11 is 0. The largest absolute Gasteiger partial charge is 0.465 e. The molecule has 2 aromatic carbocycles. The number of nitrogens with one attached hydrogen (secondary N) is 1. The molecular formula is C23H21N3O3. The van der Waals surface area contributed by atoms with Gasteiger partial charge >= 0.3 is 6.09 Å². The lowest BCUT2D eigenvalue weighted by Crippen LogP contribution is -2.47. The zero-order chi connectivity index (χ0) is 20.4. The average molecular weight is 387 g/mol. The van der Waals surface area contributed by atoms with Crippen LogP contribution >= 0.6 is 0 Å². The highest BCUT2D eigenvalue weighted by Gasteiger charge is 2.20. The molecular weight excluding hydrogens is 366 g/mol. The van der Waals surface area contributed by atoms with Crippen molar-refractivity contribution in [1.29, 1.82) is 0 Å². The van der Waals surface area contributed by atoms with Gasteiger partial charge in [-0.3, -0.25) is 9.69 Å². The Hall–Kier alpha value is -3.56. The van der Waals surface area contributed by atoms with Gasteiger partial charge in [-0.25, -0.2) is 4.79 Å². The van der Waals surface area contributed by atoms with Crippen LogP contribution in [0.5, 0.6) is 0 Å². The molecule has 0 radical (unpaired) electrons. The molecule has 2 N–H and O–H groups in total. The molecule has 0 saturated carbocycles. The van der Waals surface area contributed by atoms with E-state index in [-0.39, 0.29) is 5.56 Å². The number of hydrogen-bond acceptors (Lipinski definition) is 3. The first-order valence-corrected chi connectivity index (χ1v) is 9.47. The maximum atomic E-state index is 12.5. The lowest BCUT2D eigenvalue weighted by Gasteiger charge is -2.33. The zero-order valence-electron chi connectivity index (χ0n) is 15.9. The Labute approximate surface area is 168 Å². The zero-order valence-corrected chi connectivity index (χ0v) is 15.9. The molecule has 6 nitrogen and oxygen atoms in total. The van der Waals surface area contributed by atoms with E-state index in [0.29, 0.717) is 24.0 Å². The summed E-state index contributed by atoms with van der Waals surface area (Å²) in [4.78, 5) is 30.1. The molecule has 146 valence electrons. The molecule has 29 heavy (non-hydrogen) atoms. The summed E-state index contributed by atoms with van der Waals surface area (Å²) in [6, 6.07) is 15.4. The minimum absolute atomic E-state index is 0.157. The number of piperazine rings is 1. The first-order valence-electron chi connectivity index (χ1n) is 9.47. The van der Waals surface area contributed by atoms with Gasteiger partial charge in [0, 0.05) is 54.8 Å². The van der Waals surface area contributed by atoms with Crippen LogP contribution in [0.4, 0.5) is 4.79 Å². The van der Waals surface area contributed by atoms with Gasteiger partial charge in [0.15, 0.2) is 0 Å². The van der Waals surface area contributed by atoms with Crippen LogP contribution in [0.15, 0.2) is 53.3 Å². The normalized spacial score (nSPS) is 14.7. The van der Waals surface area contributed by atoms with Crippen LogP contribution in [-0.4, -0.2) is 52.2 Å². The second kappa shape index (κ2) is 7.82. The highest BCUT2D eigenvalue weighted by molar-refractivity contribution is 5.90. The standard InChI is InChI=1S/C23H21N3O3/c1-2-17-4-3-5-19-20(17)14-21(24-22(19)27)18-8-6-16(7-9-18)15-25-10-12-26(13-11-25)23(28)29/h1,3-9,14H,10-13,15H2,(H,24,27)(H,28,29). The number of amides is 1. The quantitative estimate of drug-likeness (QED) is 0.678. The Balaban J connectivity index is 1.53. The van der Waals surface area contributed by atoms with Gasteiger partial charge in [-0.2, -0.15) is 0 Å². The van der Waals surface area contributed by atoms with E-state index in [2.05, 4.69) is 15.8 Å². The first kappa shape index (κ1) is 18.8. The topological polar surface area (TPSA) is 76.6 Å². The highest BCUT2D eigenvalue weighted by Crippen LogP contribution is 2.23. The highest BCUT2D eigenvalue weighted by atomic mass is 16.4. The fourth-order valence-corrected chi connectivity index (χ4v) is 3.72. The molecule has 1 aromatic heterocycles. The van der Waals surface area contributed by atoms with Gasteiger partial charge in [0.05, 0.1) is 0 Å². The van der Waals surface area contributed by atoms with Crippen molar-refractivity contribution in [3.63, 3.8) is 0 Å². The molecule has 0 spiro atoms. The number of fused-ring (bicyclic) bond motifs is 1. The third-order valence-corrected chi connectivity index (χ3v) is 5.36. The van der Waals surface area contributed by atoms with Crippen molar-refractivity contribution < 1.29 is 9.90 Å². The van der Waals surface area contributed by atoms with Crippen LogP contribution in [0.1, 0.15) is 11.1 Å². The third-order valence-electron chi connectivity index (χ3n) is 5.36. The number of terminal acetylenes is 1. The molecule has 1 fully saturated rings. The molecule has 3 aromatic rings. The minimum atomic E-state index is -0.855. The van der Waals surface area contributed by atoms with Crippen molar-refractivity contribution in [3.05, 3.63) is 70.0 Å². The van der Waals surface area contributed by atoms with Crippen molar-refractivity contribution >= 4 is 16.9 Å². The van der Waals surface area contributed by atoms with Crippen LogP contribution in [0, 0.1) is 12.3 Å².